The van der Waals surface area contributed by atoms with Crippen LogP contribution >= 0.6 is 0 Å². The molecular formula is C32H40O3. The van der Waals surface area contributed by atoms with Crippen molar-refractivity contribution in [1.29, 1.82) is 0 Å². The van der Waals surface area contributed by atoms with Crippen LogP contribution in [0.1, 0.15) is 75.5 Å². The van der Waals surface area contributed by atoms with Gasteiger partial charge in [-0.3, -0.25) is 0 Å². The smallest absolute Gasteiger partial charge is 0.344 e. The van der Waals surface area contributed by atoms with E-state index >= 15 is 0 Å². The fraction of sp³-hybridized carbons (Fsp3) is 0.406. The van der Waals surface area contributed by atoms with Gasteiger partial charge < -0.3 is 9.84 Å². The summed E-state index contributed by atoms with van der Waals surface area (Å²) >= 11 is 0. The van der Waals surface area contributed by atoms with Crippen molar-refractivity contribution in [2.24, 2.45) is 0 Å². The maximum atomic E-state index is 10.9. The average Bonchev–Trinajstić information content (AvgIpc) is 2.88. The molecule has 0 aliphatic carbocycles. The number of ether oxygens (including phenoxy) is 1. The Balaban J connectivity index is 1.43. The SMILES string of the molecule is CCCCCCCCCc1ccc(-c2ccc(CCc3ccc(OC(C)C(=O)O)cc3)cc2)cc1. The van der Waals surface area contributed by atoms with E-state index in [9.17, 15) is 4.79 Å². The van der Waals surface area contributed by atoms with E-state index < -0.39 is 12.1 Å². The molecule has 3 aromatic rings. The number of carboxylic acids is 1. The first-order chi connectivity index (χ1) is 17.0. The number of carboxylic acid groups (broad SMARTS) is 1. The largest absolute Gasteiger partial charge is 0.479 e. The summed E-state index contributed by atoms with van der Waals surface area (Å²) in [6.45, 7) is 3.80. The van der Waals surface area contributed by atoms with Crippen molar-refractivity contribution in [3.05, 3.63) is 89.5 Å². The van der Waals surface area contributed by atoms with Gasteiger partial charge in [0.05, 0.1) is 0 Å². The van der Waals surface area contributed by atoms with E-state index in [-0.39, 0.29) is 0 Å². The molecule has 0 saturated heterocycles. The Morgan fingerprint density at radius 3 is 1.57 bits per heavy atom. The number of hydrogen-bond donors (Lipinski definition) is 1. The van der Waals surface area contributed by atoms with Gasteiger partial charge in [0.1, 0.15) is 5.75 Å². The van der Waals surface area contributed by atoms with Crippen molar-refractivity contribution in [2.75, 3.05) is 0 Å². The van der Waals surface area contributed by atoms with Gasteiger partial charge in [0.2, 0.25) is 0 Å². The van der Waals surface area contributed by atoms with Crippen LogP contribution in [0.2, 0.25) is 0 Å². The highest BCUT2D eigenvalue weighted by atomic mass is 16.5. The molecule has 0 aliphatic rings. The van der Waals surface area contributed by atoms with Gasteiger partial charge >= 0.3 is 5.97 Å². The van der Waals surface area contributed by atoms with Crippen LogP contribution in [0.15, 0.2) is 72.8 Å². The molecule has 3 rings (SSSR count). The molecule has 1 unspecified atom stereocenters. The van der Waals surface area contributed by atoms with Crippen molar-refractivity contribution in [3.8, 4) is 16.9 Å². The molecule has 0 heterocycles. The molecule has 3 heteroatoms. The number of aryl methyl sites for hydroxylation is 3. The lowest BCUT2D eigenvalue weighted by Crippen LogP contribution is -2.22. The molecule has 0 bridgehead atoms. The highest BCUT2D eigenvalue weighted by Crippen LogP contribution is 2.22. The van der Waals surface area contributed by atoms with Gasteiger partial charge in [-0.2, -0.15) is 0 Å². The lowest BCUT2D eigenvalue weighted by Gasteiger charge is -2.11. The first-order valence-corrected chi connectivity index (χ1v) is 13.2. The molecular weight excluding hydrogens is 432 g/mol. The van der Waals surface area contributed by atoms with Crippen molar-refractivity contribution in [3.63, 3.8) is 0 Å². The molecule has 0 saturated carbocycles. The second-order valence-electron chi connectivity index (χ2n) is 9.51. The van der Waals surface area contributed by atoms with Gasteiger partial charge in [0, 0.05) is 0 Å². The quantitative estimate of drug-likeness (QED) is 0.226. The minimum atomic E-state index is -0.961. The van der Waals surface area contributed by atoms with E-state index in [1.807, 2.05) is 24.3 Å². The minimum Gasteiger partial charge on any atom is -0.479 e. The Hall–Kier alpha value is -3.07. The molecule has 0 aliphatic heterocycles. The highest BCUT2D eigenvalue weighted by Gasteiger charge is 2.12. The van der Waals surface area contributed by atoms with Gasteiger partial charge in [0.25, 0.3) is 0 Å². The maximum absolute atomic E-state index is 10.9. The summed E-state index contributed by atoms with van der Waals surface area (Å²) in [5, 5.41) is 8.96. The zero-order valence-corrected chi connectivity index (χ0v) is 21.3. The minimum absolute atomic E-state index is 0.585. The summed E-state index contributed by atoms with van der Waals surface area (Å²) in [5.41, 5.74) is 6.48. The summed E-state index contributed by atoms with van der Waals surface area (Å²) < 4.78 is 5.40. The Morgan fingerprint density at radius 2 is 1.09 bits per heavy atom. The summed E-state index contributed by atoms with van der Waals surface area (Å²) in [6.07, 6.45) is 11.7. The monoisotopic (exact) mass is 472 g/mol. The van der Waals surface area contributed by atoms with Crippen molar-refractivity contribution < 1.29 is 14.6 Å². The zero-order chi connectivity index (χ0) is 24.9. The Morgan fingerprint density at radius 1 is 0.657 bits per heavy atom. The Kier molecular flexibility index (Phi) is 10.9. The number of benzene rings is 3. The third-order valence-electron chi connectivity index (χ3n) is 6.60. The molecule has 3 aromatic carbocycles. The predicted octanol–water partition coefficient (Wildman–Crippen LogP) is 8.28. The lowest BCUT2D eigenvalue weighted by atomic mass is 9.98. The third kappa shape index (κ3) is 9.24. The molecule has 1 atom stereocenters. The van der Waals surface area contributed by atoms with Crippen LogP contribution < -0.4 is 4.74 Å². The second-order valence-corrected chi connectivity index (χ2v) is 9.51. The molecule has 0 amide bonds. The van der Waals surface area contributed by atoms with Gasteiger partial charge in [0.15, 0.2) is 6.10 Å². The number of aliphatic carboxylic acids is 1. The standard InChI is InChI=1S/C32H40O3/c1-3-4-5-6-7-8-9-10-26-13-19-29(20-14-26)30-21-15-27(16-22-30)11-12-28-17-23-31(24-18-28)35-25(2)32(33)34/h13-25H,3-12H2,1-2H3,(H,33,34). The van der Waals surface area contributed by atoms with E-state index in [0.29, 0.717) is 5.75 Å². The van der Waals surface area contributed by atoms with Gasteiger partial charge in [-0.15, -0.1) is 0 Å². The third-order valence-corrected chi connectivity index (χ3v) is 6.60. The lowest BCUT2D eigenvalue weighted by molar-refractivity contribution is -0.144. The first kappa shape index (κ1) is 26.5. The van der Waals surface area contributed by atoms with E-state index in [0.717, 1.165) is 12.8 Å². The highest BCUT2D eigenvalue weighted by molar-refractivity contribution is 5.72. The fourth-order valence-electron chi connectivity index (χ4n) is 4.29. The van der Waals surface area contributed by atoms with Crippen molar-refractivity contribution in [1.82, 2.24) is 0 Å². The van der Waals surface area contributed by atoms with Crippen molar-refractivity contribution >= 4 is 5.97 Å². The van der Waals surface area contributed by atoms with E-state index in [1.54, 1.807) is 0 Å². The molecule has 0 spiro atoms. The summed E-state index contributed by atoms with van der Waals surface area (Å²) in [5.74, 6) is -0.376. The van der Waals surface area contributed by atoms with Gasteiger partial charge in [-0.25, -0.2) is 4.79 Å². The molecule has 1 N–H and O–H groups in total. The number of unbranched alkanes of at least 4 members (excludes halogenated alkanes) is 6. The Labute approximate surface area is 211 Å². The molecule has 0 fully saturated rings. The first-order valence-electron chi connectivity index (χ1n) is 13.2. The number of hydrogen-bond acceptors (Lipinski definition) is 2. The van der Waals surface area contributed by atoms with E-state index in [4.69, 9.17) is 9.84 Å². The van der Waals surface area contributed by atoms with Crippen LogP contribution in [0.25, 0.3) is 11.1 Å². The summed E-state index contributed by atoms with van der Waals surface area (Å²) in [4.78, 5) is 10.9. The van der Waals surface area contributed by atoms with Gasteiger partial charge in [-0.05, 0) is 72.6 Å². The number of rotatable bonds is 15. The van der Waals surface area contributed by atoms with Crippen LogP contribution in [0.5, 0.6) is 5.75 Å². The predicted molar refractivity (Wildman–Crippen MR) is 145 cm³/mol. The van der Waals surface area contributed by atoms with Crippen LogP contribution in [0, 0.1) is 0 Å². The van der Waals surface area contributed by atoms with Crippen LogP contribution in [-0.4, -0.2) is 17.2 Å². The average molecular weight is 473 g/mol. The summed E-state index contributed by atoms with van der Waals surface area (Å²) in [6, 6.07) is 25.6. The van der Waals surface area contributed by atoms with Crippen molar-refractivity contribution in [2.45, 2.75) is 84.2 Å². The second kappa shape index (κ2) is 14.4. The molecule has 186 valence electrons. The molecule has 3 nitrogen and oxygen atoms in total. The fourth-order valence-corrected chi connectivity index (χ4v) is 4.29. The van der Waals surface area contributed by atoms with Gasteiger partial charge in [-0.1, -0.05) is 106 Å². The topological polar surface area (TPSA) is 46.5 Å². The van der Waals surface area contributed by atoms with Crippen LogP contribution in [0.4, 0.5) is 0 Å². The number of carbonyl (C=O) groups is 1. The summed E-state index contributed by atoms with van der Waals surface area (Å²) in [7, 11) is 0. The maximum Gasteiger partial charge on any atom is 0.344 e. The normalized spacial score (nSPS) is 11.8. The Bertz CT molecular complexity index is 1000. The zero-order valence-electron chi connectivity index (χ0n) is 21.3. The van der Waals surface area contributed by atoms with E-state index in [1.165, 1.54) is 86.1 Å². The molecule has 35 heavy (non-hydrogen) atoms. The molecule has 0 radical (unpaired) electrons. The van der Waals surface area contributed by atoms with Crippen LogP contribution in [0.3, 0.4) is 0 Å². The van der Waals surface area contributed by atoms with Crippen LogP contribution in [-0.2, 0) is 24.1 Å². The molecule has 0 aromatic heterocycles. The van der Waals surface area contributed by atoms with E-state index in [2.05, 4.69) is 55.5 Å².